The first-order valence-electron chi connectivity index (χ1n) is 31.0. The number of nitrogens with one attached hydrogen (secondary N) is 9. The van der Waals surface area contributed by atoms with Crippen molar-refractivity contribution in [1.82, 2.24) is 47.9 Å². The van der Waals surface area contributed by atoms with E-state index in [4.69, 9.17) is 28.7 Å². The zero-order valence-corrected chi connectivity index (χ0v) is 52.1. The largest absolute Gasteiger partial charge is 0.508 e. The number of phenolic OH excluding ortho intramolecular Hbond substituents is 1. The summed E-state index contributed by atoms with van der Waals surface area (Å²) < 4.78 is 0. The molecular weight excluding hydrogens is 1120 g/mol. The lowest BCUT2D eigenvalue weighted by molar-refractivity contribution is -0.141. The number of carboxylic acid groups (broad SMARTS) is 1. The number of unbranched alkanes of at least 4 members (excludes halogenated alkanes) is 6. The Labute approximate surface area is 512 Å². The van der Waals surface area contributed by atoms with Gasteiger partial charge in [-0.1, -0.05) is 131 Å². The van der Waals surface area contributed by atoms with E-state index in [2.05, 4.69) is 57.8 Å². The van der Waals surface area contributed by atoms with Crippen LogP contribution in [0.25, 0.3) is 0 Å². The number of aliphatic imine (C=N–C) groups is 2. The van der Waals surface area contributed by atoms with Crippen LogP contribution in [0.1, 0.15) is 188 Å². The van der Waals surface area contributed by atoms with Gasteiger partial charge < -0.3 is 86.7 Å². The molecule has 28 heteroatoms. The zero-order valence-electron chi connectivity index (χ0n) is 52.1. The van der Waals surface area contributed by atoms with Gasteiger partial charge in [0.25, 0.3) is 0 Å². The van der Waals surface area contributed by atoms with Gasteiger partial charge in [-0.15, -0.1) is 0 Å². The Morgan fingerprint density at radius 3 is 0.989 bits per heavy atom. The molecule has 21 N–H and O–H groups in total. The molecule has 87 heavy (non-hydrogen) atoms. The number of carbonyl (C=O) groups is 10. The van der Waals surface area contributed by atoms with E-state index in [1.165, 1.54) is 24.3 Å². The standard InChI is InChI=1S/C59H104N16O12/c1-7-13-22-40(50(79)67-36-48(77)68-47(57(86)87)35-37-29-31-38(76)32-30-37)70-52(81)42(24-15-9-3)72-54(83)44(26-17-11-5)74-56(85)46(28-20-34-66-59(63)64)75-55(84)45(27-18-12-6)73-53(82)43(25-16-10-4)71-51(80)41(23-14-8-2)69-49(78)39(60)21-19-33-65-58(61)62/h29-32,39-47,76H,7-28,33-36,60H2,1-6H3,(H,67,79)(H,68,77)(H,69,78)(H,70,81)(H,71,80)(H,72,83)(H,73,82)(H,74,85)(H,75,84)(H,86,87)(H4,61,62,65)(H4,63,64,66)/t39-,40-,41-,42-,43-,44-,45-,46-,47-/m1/s1. The zero-order chi connectivity index (χ0) is 65.3. The Balaban J connectivity index is 3.45. The Hall–Kier alpha value is -7.78. The Morgan fingerprint density at radius 2 is 0.690 bits per heavy atom. The summed E-state index contributed by atoms with van der Waals surface area (Å²) in [5, 5.41) is 43.7. The summed E-state index contributed by atoms with van der Waals surface area (Å²) >= 11 is 0. The predicted octanol–water partition coefficient (Wildman–Crippen LogP) is 0.590. The van der Waals surface area contributed by atoms with E-state index >= 15 is 0 Å². The number of aliphatic carboxylic acids is 1. The van der Waals surface area contributed by atoms with E-state index in [9.17, 15) is 58.2 Å². The lowest BCUT2D eigenvalue weighted by atomic mass is 10.0. The third-order valence-corrected chi connectivity index (χ3v) is 14.2. The summed E-state index contributed by atoms with van der Waals surface area (Å²) in [6.45, 7) is 11.1. The molecule has 1 rings (SSSR count). The van der Waals surface area contributed by atoms with Crippen LogP contribution in [-0.2, 0) is 54.4 Å². The highest BCUT2D eigenvalue weighted by Gasteiger charge is 2.35. The molecule has 0 saturated heterocycles. The van der Waals surface area contributed by atoms with E-state index in [0.717, 1.165) is 0 Å². The van der Waals surface area contributed by atoms with Crippen LogP contribution in [-0.4, -0.2) is 155 Å². The number of carboxylic acids is 1. The molecule has 0 aliphatic rings. The second kappa shape index (κ2) is 44.6. The minimum Gasteiger partial charge on any atom is -0.508 e. The van der Waals surface area contributed by atoms with Crippen LogP contribution in [0.3, 0.4) is 0 Å². The quantitative estimate of drug-likeness (QED) is 0.0241. The average Bonchev–Trinajstić information content (AvgIpc) is 3.60. The number of amides is 9. The van der Waals surface area contributed by atoms with Crippen molar-refractivity contribution in [3.8, 4) is 5.75 Å². The Morgan fingerprint density at radius 1 is 0.402 bits per heavy atom. The first kappa shape index (κ1) is 77.2. The van der Waals surface area contributed by atoms with E-state index in [1.54, 1.807) is 0 Å². The van der Waals surface area contributed by atoms with Gasteiger partial charge in [0.1, 0.15) is 54.1 Å². The van der Waals surface area contributed by atoms with Gasteiger partial charge >= 0.3 is 5.97 Å². The number of hydrogen-bond donors (Lipinski definition) is 16. The SMILES string of the molecule is CCCC[C@@H](NC(=O)[C@H](N)CCCN=C(N)N)C(=O)N[C@H](CCCC)C(=O)N[C@H](CCCC)C(=O)N[C@H](CCCN=C(N)N)C(=O)N[C@H](CCCC)C(=O)N[C@H](CCCC)C(=O)N[C@H](CCCC)C(=O)NCC(=O)N[C@H](Cc1ccc(O)cc1)C(=O)O. The third-order valence-electron chi connectivity index (χ3n) is 14.2. The van der Waals surface area contributed by atoms with Gasteiger partial charge in [-0.3, -0.25) is 53.1 Å². The molecule has 0 heterocycles. The van der Waals surface area contributed by atoms with E-state index in [-0.39, 0.29) is 95.0 Å². The maximum Gasteiger partial charge on any atom is 0.326 e. The van der Waals surface area contributed by atoms with Crippen LogP contribution in [0.2, 0.25) is 0 Å². The highest BCUT2D eigenvalue weighted by Crippen LogP contribution is 2.14. The maximum absolute atomic E-state index is 14.5. The minimum atomic E-state index is -1.35. The average molecular weight is 1230 g/mol. The van der Waals surface area contributed by atoms with Crippen molar-refractivity contribution in [3.63, 3.8) is 0 Å². The number of hydrogen-bond acceptors (Lipinski definition) is 14. The number of nitrogens with two attached hydrogens (primary N) is 5. The van der Waals surface area contributed by atoms with Crippen LogP contribution in [0.5, 0.6) is 5.75 Å². The van der Waals surface area contributed by atoms with Gasteiger partial charge in [-0.25, -0.2) is 4.79 Å². The number of rotatable bonds is 47. The van der Waals surface area contributed by atoms with Gasteiger partial charge in [-0.2, -0.15) is 0 Å². The molecule has 0 fully saturated rings. The number of aromatic hydroxyl groups is 1. The molecule has 0 radical (unpaired) electrons. The predicted molar refractivity (Wildman–Crippen MR) is 333 cm³/mol. The summed E-state index contributed by atoms with van der Waals surface area (Å²) in [7, 11) is 0. The van der Waals surface area contributed by atoms with Crippen LogP contribution in [0.4, 0.5) is 0 Å². The topological polar surface area (TPSA) is 474 Å². The van der Waals surface area contributed by atoms with Gasteiger partial charge in [0, 0.05) is 19.5 Å². The van der Waals surface area contributed by atoms with Crippen molar-refractivity contribution in [3.05, 3.63) is 29.8 Å². The summed E-state index contributed by atoms with van der Waals surface area (Å²) in [6, 6.07) is -4.70. The molecule has 1 aromatic carbocycles. The molecule has 0 unspecified atom stereocenters. The third kappa shape index (κ3) is 33.1. The number of carbonyl (C=O) groups excluding carboxylic acids is 9. The Kier molecular flexibility index (Phi) is 39.6. The van der Waals surface area contributed by atoms with E-state index < -0.39 is 120 Å². The van der Waals surface area contributed by atoms with Crippen molar-refractivity contribution in [1.29, 1.82) is 0 Å². The molecule has 0 bridgehead atoms. The van der Waals surface area contributed by atoms with Gasteiger partial charge in [0.05, 0.1) is 12.6 Å². The van der Waals surface area contributed by atoms with Gasteiger partial charge in [0.2, 0.25) is 53.2 Å². The van der Waals surface area contributed by atoms with Crippen molar-refractivity contribution in [2.24, 2.45) is 38.7 Å². The fourth-order valence-corrected chi connectivity index (χ4v) is 9.00. The first-order chi connectivity index (χ1) is 41.4. The van der Waals surface area contributed by atoms with Crippen molar-refractivity contribution in [2.45, 2.75) is 244 Å². The highest BCUT2D eigenvalue weighted by molar-refractivity contribution is 5.98. The number of benzene rings is 1. The molecule has 0 saturated carbocycles. The number of nitrogens with zero attached hydrogens (tertiary/aromatic N) is 2. The molecule has 9 atom stereocenters. The Bertz CT molecular complexity index is 2350. The molecule has 0 spiro atoms. The molecule has 1 aromatic rings. The number of phenols is 1. The van der Waals surface area contributed by atoms with Gasteiger partial charge in [-0.05, 0) is 81.9 Å². The summed E-state index contributed by atoms with van der Waals surface area (Å²) in [5.74, 6) is -7.85. The lowest BCUT2D eigenvalue weighted by Gasteiger charge is -2.28. The summed E-state index contributed by atoms with van der Waals surface area (Å²) in [4.78, 5) is 145. The molecule has 9 amide bonds. The highest BCUT2D eigenvalue weighted by atomic mass is 16.4. The first-order valence-corrected chi connectivity index (χ1v) is 31.0. The van der Waals surface area contributed by atoms with Crippen LogP contribution < -0.4 is 76.5 Å². The maximum atomic E-state index is 14.5. The van der Waals surface area contributed by atoms with Crippen molar-refractivity contribution < 1.29 is 58.2 Å². The fraction of sp³-hybridized carbons (Fsp3) is 0.695. The normalized spacial score (nSPS) is 14.1. The van der Waals surface area contributed by atoms with Crippen molar-refractivity contribution >= 4 is 71.1 Å². The number of guanidine groups is 2. The van der Waals surface area contributed by atoms with Gasteiger partial charge in [0.15, 0.2) is 11.9 Å². The van der Waals surface area contributed by atoms with E-state index in [1.807, 2.05) is 41.5 Å². The molecular formula is C59H104N16O12. The fourth-order valence-electron chi connectivity index (χ4n) is 9.00. The van der Waals surface area contributed by atoms with Crippen LogP contribution in [0.15, 0.2) is 34.3 Å². The monoisotopic (exact) mass is 1230 g/mol. The summed E-state index contributed by atoms with van der Waals surface area (Å²) in [6.07, 6.45) is 8.68. The minimum absolute atomic E-state index is 0.0163. The van der Waals surface area contributed by atoms with Crippen molar-refractivity contribution in [2.75, 3.05) is 19.6 Å². The van der Waals surface area contributed by atoms with Crippen LogP contribution in [0, 0.1) is 0 Å². The molecule has 0 aromatic heterocycles. The molecule has 0 aliphatic carbocycles. The lowest BCUT2D eigenvalue weighted by Crippen LogP contribution is -2.60. The smallest absolute Gasteiger partial charge is 0.326 e. The summed E-state index contributed by atoms with van der Waals surface area (Å²) in [5.41, 5.74) is 28.7. The van der Waals surface area contributed by atoms with E-state index in [0.29, 0.717) is 89.0 Å². The molecule has 28 nitrogen and oxygen atoms in total. The van der Waals surface area contributed by atoms with Crippen LogP contribution >= 0.6 is 0 Å². The second-order valence-corrected chi connectivity index (χ2v) is 21.8. The second-order valence-electron chi connectivity index (χ2n) is 21.8. The molecule has 0 aliphatic heterocycles. The molecule has 492 valence electrons.